The Morgan fingerprint density at radius 3 is 2.84 bits per heavy atom. The van der Waals surface area contributed by atoms with E-state index in [2.05, 4.69) is 17.1 Å². The van der Waals surface area contributed by atoms with E-state index in [1.165, 1.54) is 23.7 Å². The van der Waals surface area contributed by atoms with E-state index in [1.807, 2.05) is 4.40 Å². The number of hydrogen-bond donors (Lipinski definition) is 0. The normalized spacial score (nSPS) is 16.0. The number of methoxy groups -OCH3 is 1. The lowest BCUT2D eigenvalue weighted by molar-refractivity contribution is -0.137. The second kappa shape index (κ2) is 7.96. The second-order valence-electron chi connectivity index (χ2n) is 7.63. The fourth-order valence-corrected chi connectivity index (χ4v) is 6.29. The van der Waals surface area contributed by atoms with Crippen LogP contribution in [0.25, 0.3) is 21.7 Å². The maximum absolute atomic E-state index is 13.8. The Bertz CT molecular complexity index is 1370. The molecule has 1 aliphatic carbocycles. The molecule has 0 radical (unpaired) electrons. The van der Waals surface area contributed by atoms with Gasteiger partial charge in [-0.15, -0.1) is 21.5 Å². The van der Waals surface area contributed by atoms with Gasteiger partial charge >= 0.3 is 5.97 Å². The van der Waals surface area contributed by atoms with Crippen LogP contribution >= 0.6 is 34.7 Å². The minimum atomic E-state index is -0.344. The second-order valence-corrected chi connectivity index (χ2v) is 10.1. The number of nitrogens with zero attached hydrogens (tertiary/aromatic N) is 4. The number of rotatable bonds is 4. The molecular weight excluding hydrogens is 456 g/mol. The van der Waals surface area contributed by atoms with Crippen LogP contribution in [0, 0.1) is 5.92 Å². The molecule has 0 spiro atoms. The van der Waals surface area contributed by atoms with Gasteiger partial charge in [-0.1, -0.05) is 30.3 Å². The molecule has 31 heavy (non-hydrogen) atoms. The van der Waals surface area contributed by atoms with E-state index in [-0.39, 0.29) is 17.3 Å². The zero-order chi connectivity index (χ0) is 21.7. The molecule has 0 saturated carbocycles. The minimum Gasteiger partial charge on any atom is -0.468 e. The van der Waals surface area contributed by atoms with Crippen molar-refractivity contribution in [3.05, 3.63) is 50.1 Å². The van der Waals surface area contributed by atoms with E-state index < -0.39 is 0 Å². The molecule has 10 heteroatoms. The van der Waals surface area contributed by atoms with Crippen molar-refractivity contribution >= 4 is 56.7 Å². The number of ether oxygens (including phenoxy) is 1. The number of halogens is 1. The summed E-state index contributed by atoms with van der Waals surface area (Å²) in [6.07, 6.45) is 2.95. The lowest BCUT2D eigenvalue weighted by atomic mass is 9.89. The van der Waals surface area contributed by atoms with Gasteiger partial charge in [-0.2, -0.15) is 0 Å². The number of thiophene rings is 1. The predicted octanol–water partition coefficient (Wildman–Crippen LogP) is 4.14. The molecule has 0 fully saturated rings. The molecular formula is C21H19ClN4O3S2. The average Bonchev–Trinajstić information content (AvgIpc) is 3.34. The molecule has 0 aliphatic heterocycles. The van der Waals surface area contributed by atoms with Crippen molar-refractivity contribution in [2.24, 2.45) is 5.92 Å². The van der Waals surface area contributed by atoms with Crippen molar-refractivity contribution in [1.29, 1.82) is 0 Å². The van der Waals surface area contributed by atoms with Crippen LogP contribution in [0.15, 0.2) is 34.2 Å². The zero-order valence-corrected chi connectivity index (χ0v) is 19.3. The summed E-state index contributed by atoms with van der Waals surface area (Å²) in [6, 6.07) is 7.09. The number of aryl methyl sites for hydroxylation is 1. The summed E-state index contributed by atoms with van der Waals surface area (Å²) in [6.45, 7) is 2.22. The number of thioether (sulfide) groups is 1. The molecule has 5 rings (SSSR count). The number of carbonyl (C=O) groups is 1. The van der Waals surface area contributed by atoms with Gasteiger partial charge in [0.05, 0.1) is 23.9 Å². The van der Waals surface area contributed by atoms with Crippen LogP contribution in [-0.2, 0) is 22.4 Å². The lowest BCUT2D eigenvalue weighted by Crippen LogP contribution is -2.22. The van der Waals surface area contributed by atoms with Gasteiger partial charge in [0.2, 0.25) is 5.78 Å². The number of aromatic nitrogens is 4. The number of benzene rings is 1. The fourth-order valence-electron chi connectivity index (χ4n) is 4.01. The Morgan fingerprint density at radius 2 is 2.10 bits per heavy atom. The quantitative estimate of drug-likeness (QED) is 0.327. The lowest BCUT2D eigenvalue weighted by Gasteiger charge is -2.18. The molecule has 7 nitrogen and oxygen atoms in total. The Balaban J connectivity index is 1.83. The van der Waals surface area contributed by atoms with Crippen LogP contribution in [0.2, 0.25) is 5.02 Å². The molecule has 1 unspecified atom stereocenters. The van der Waals surface area contributed by atoms with Crippen molar-refractivity contribution in [2.45, 2.75) is 31.3 Å². The van der Waals surface area contributed by atoms with Gasteiger partial charge < -0.3 is 4.74 Å². The highest BCUT2D eigenvalue weighted by atomic mass is 35.5. The Kier molecular flexibility index (Phi) is 5.27. The van der Waals surface area contributed by atoms with Crippen LogP contribution in [0.1, 0.15) is 23.8 Å². The standard InChI is InChI=1S/C21H19ClN4O3S2/c1-11-3-8-15-14(9-11)17-18(28)25(13-6-4-12(22)5-7-13)20-23-24-21(26(20)19(17)31-15)30-10-16(27)29-2/h4-7,11H,3,8-10H2,1-2H3. The van der Waals surface area contributed by atoms with Gasteiger partial charge in [-0.05, 0) is 55.0 Å². The van der Waals surface area contributed by atoms with Crippen molar-refractivity contribution in [2.75, 3.05) is 12.9 Å². The summed E-state index contributed by atoms with van der Waals surface area (Å²) in [5, 5.41) is 10.5. The molecule has 0 saturated heterocycles. The maximum atomic E-state index is 13.8. The Hall–Kier alpha value is -2.36. The van der Waals surface area contributed by atoms with Crippen LogP contribution in [-0.4, -0.2) is 38.0 Å². The van der Waals surface area contributed by atoms with Crippen molar-refractivity contribution in [3.63, 3.8) is 0 Å². The highest BCUT2D eigenvalue weighted by Crippen LogP contribution is 2.38. The number of fused-ring (bicyclic) bond motifs is 5. The molecule has 1 aromatic carbocycles. The van der Waals surface area contributed by atoms with E-state index in [4.69, 9.17) is 16.3 Å². The molecule has 1 aliphatic rings. The third-order valence-electron chi connectivity index (χ3n) is 5.56. The van der Waals surface area contributed by atoms with Gasteiger partial charge in [0.1, 0.15) is 4.83 Å². The first-order valence-corrected chi connectivity index (χ1v) is 12.1. The smallest absolute Gasteiger partial charge is 0.316 e. The number of carbonyl (C=O) groups excluding carboxylic acids is 1. The first-order valence-electron chi connectivity index (χ1n) is 9.88. The van der Waals surface area contributed by atoms with Crippen LogP contribution in [0.3, 0.4) is 0 Å². The van der Waals surface area contributed by atoms with Gasteiger partial charge in [0.25, 0.3) is 5.56 Å². The van der Waals surface area contributed by atoms with Gasteiger partial charge in [0, 0.05) is 9.90 Å². The van der Waals surface area contributed by atoms with Crippen LogP contribution < -0.4 is 5.56 Å². The third-order valence-corrected chi connectivity index (χ3v) is 7.99. The summed E-state index contributed by atoms with van der Waals surface area (Å²) in [5.41, 5.74) is 1.70. The van der Waals surface area contributed by atoms with Gasteiger partial charge in [-0.3, -0.25) is 9.59 Å². The SMILES string of the molecule is COC(=O)CSc1nnc2n(-c3ccc(Cl)cc3)c(=O)c3c4c(sc3n12)CCC(C)C4. The summed E-state index contributed by atoms with van der Waals surface area (Å²) in [4.78, 5) is 27.6. The molecule has 3 heterocycles. The third kappa shape index (κ3) is 3.44. The van der Waals surface area contributed by atoms with E-state index in [0.29, 0.717) is 32.9 Å². The van der Waals surface area contributed by atoms with Crippen LogP contribution in [0.5, 0.6) is 0 Å². The summed E-state index contributed by atoms with van der Waals surface area (Å²) >= 11 is 8.95. The predicted molar refractivity (Wildman–Crippen MR) is 123 cm³/mol. The van der Waals surface area contributed by atoms with Crippen molar-refractivity contribution in [3.8, 4) is 5.69 Å². The molecule has 0 amide bonds. The largest absolute Gasteiger partial charge is 0.468 e. The summed E-state index contributed by atoms with van der Waals surface area (Å²) < 4.78 is 8.25. The molecule has 1 atom stereocenters. The highest BCUT2D eigenvalue weighted by molar-refractivity contribution is 7.99. The fraction of sp³-hybridized carbons (Fsp3) is 0.333. The topological polar surface area (TPSA) is 78.5 Å². The monoisotopic (exact) mass is 474 g/mol. The first-order chi connectivity index (χ1) is 15.0. The maximum Gasteiger partial charge on any atom is 0.316 e. The van der Waals surface area contributed by atoms with E-state index in [0.717, 1.165) is 29.7 Å². The minimum absolute atomic E-state index is 0.103. The van der Waals surface area contributed by atoms with Gasteiger partial charge in [0.15, 0.2) is 5.16 Å². The summed E-state index contributed by atoms with van der Waals surface area (Å²) in [5.74, 6) is 0.710. The molecule has 3 aromatic heterocycles. The number of esters is 1. The average molecular weight is 475 g/mol. The van der Waals surface area contributed by atoms with E-state index in [9.17, 15) is 9.59 Å². The first kappa shape index (κ1) is 20.5. The Labute approximate surface area is 191 Å². The van der Waals surface area contributed by atoms with E-state index >= 15 is 0 Å². The molecule has 4 aromatic rings. The zero-order valence-electron chi connectivity index (χ0n) is 16.9. The van der Waals surface area contributed by atoms with E-state index in [1.54, 1.807) is 40.2 Å². The van der Waals surface area contributed by atoms with Crippen molar-refractivity contribution < 1.29 is 9.53 Å². The Morgan fingerprint density at radius 1 is 1.32 bits per heavy atom. The molecule has 0 bridgehead atoms. The van der Waals surface area contributed by atoms with Crippen molar-refractivity contribution in [1.82, 2.24) is 19.2 Å². The molecule has 160 valence electrons. The van der Waals surface area contributed by atoms with Gasteiger partial charge in [-0.25, -0.2) is 8.97 Å². The molecule has 0 N–H and O–H groups in total. The highest BCUT2D eigenvalue weighted by Gasteiger charge is 2.27. The van der Waals surface area contributed by atoms with Crippen LogP contribution in [0.4, 0.5) is 0 Å². The summed E-state index contributed by atoms with van der Waals surface area (Å²) in [7, 11) is 1.36. The number of hydrogen-bond acceptors (Lipinski definition) is 7.